The molecule has 0 spiro atoms. The Kier molecular flexibility index (Phi) is 5.61. The molecule has 2 atom stereocenters. The van der Waals surface area contributed by atoms with Crippen LogP contribution in [0, 0.1) is 0 Å². The number of rotatable bonds is 6. The summed E-state index contributed by atoms with van der Waals surface area (Å²) in [6.45, 7) is 3.55. The molecule has 1 fully saturated rings. The smallest absolute Gasteiger partial charge is 0.137 e. The van der Waals surface area contributed by atoms with Gasteiger partial charge in [0.25, 0.3) is 0 Å². The molecule has 1 aliphatic rings. The van der Waals surface area contributed by atoms with Crippen LogP contribution in [0.4, 0.5) is 0 Å². The number of aromatic nitrogens is 1. The van der Waals surface area contributed by atoms with Gasteiger partial charge in [0.15, 0.2) is 0 Å². The second-order valence-corrected chi connectivity index (χ2v) is 4.95. The van der Waals surface area contributed by atoms with E-state index in [2.05, 4.69) is 16.4 Å². The summed E-state index contributed by atoms with van der Waals surface area (Å²) >= 11 is 0. The van der Waals surface area contributed by atoms with Crippen molar-refractivity contribution in [2.24, 2.45) is 0 Å². The van der Waals surface area contributed by atoms with Crippen LogP contribution in [0.3, 0.4) is 0 Å². The molecule has 106 valence electrons. The average molecular weight is 264 g/mol. The van der Waals surface area contributed by atoms with Crippen LogP contribution < -0.4 is 10.1 Å². The van der Waals surface area contributed by atoms with Crippen LogP contribution in [0.5, 0.6) is 5.75 Å². The Hall–Kier alpha value is -1.13. The van der Waals surface area contributed by atoms with Gasteiger partial charge in [0, 0.05) is 18.8 Å². The van der Waals surface area contributed by atoms with Crippen molar-refractivity contribution in [3.63, 3.8) is 0 Å². The topological polar surface area (TPSA) is 43.4 Å². The third-order valence-electron chi connectivity index (χ3n) is 3.57. The molecule has 2 unspecified atom stereocenters. The molecule has 4 nitrogen and oxygen atoms in total. The first-order valence-electron chi connectivity index (χ1n) is 7.20. The number of ether oxygens (including phenoxy) is 2. The van der Waals surface area contributed by atoms with E-state index < -0.39 is 0 Å². The maximum Gasteiger partial charge on any atom is 0.137 e. The highest BCUT2D eigenvalue weighted by Gasteiger charge is 2.20. The van der Waals surface area contributed by atoms with E-state index in [0.29, 0.717) is 12.7 Å². The first kappa shape index (κ1) is 14.3. The fourth-order valence-electron chi connectivity index (χ4n) is 2.55. The lowest BCUT2D eigenvalue weighted by molar-refractivity contribution is 0.00545. The zero-order valence-corrected chi connectivity index (χ0v) is 11.9. The highest BCUT2D eigenvalue weighted by molar-refractivity contribution is 5.26. The minimum absolute atomic E-state index is 0.274. The van der Waals surface area contributed by atoms with Crippen molar-refractivity contribution >= 4 is 0 Å². The fourth-order valence-corrected chi connectivity index (χ4v) is 2.55. The van der Waals surface area contributed by atoms with Gasteiger partial charge in [-0.3, -0.25) is 4.98 Å². The lowest BCUT2D eigenvalue weighted by atomic mass is 9.97. The van der Waals surface area contributed by atoms with Gasteiger partial charge in [0.1, 0.15) is 5.75 Å². The van der Waals surface area contributed by atoms with Crippen molar-refractivity contribution in [3.8, 4) is 5.75 Å². The molecular weight excluding hydrogens is 240 g/mol. The Morgan fingerprint density at radius 1 is 1.47 bits per heavy atom. The minimum Gasteiger partial charge on any atom is -0.492 e. The molecule has 0 aromatic carbocycles. The molecule has 1 saturated heterocycles. The highest BCUT2D eigenvalue weighted by atomic mass is 16.5. The lowest BCUT2D eigenvalue weighted by Gasteiger charge is -2.27. The van der Waals surface area contributed by atoms with Crippen molar-refractivity contribution in [1.82, 2.24) is 10.3 Å². The van der Waals surface area contributed by atoms with Crippen LogP contribution in [0.15, 0.2) is 18.5 Å². The van der Waals surface area contributed by atoms with Gasteiger partial charge < -0.3 is 14.8 Å². The lowest BCUT2D eigenvalue weighted by Crippen LogP contribution is -2.27. The van der Waals surface area contributed by atoms with Crippen LogP contribution in [0.25, 0.3) is 0 Å². The van der Waals surface area contributed by atoms with E-state index in [1.165, 1.54) is 18.4 Å². The predicted molar refractivity (Wildman–Crippen MR) is 75.4 cm³/mol. The van der Waals surface area contributed by atoms with Gasteiger partial charge in [-0.2, -0.15) is 0 Å². The van der Waals surface area contributed by atoms with Crippen LogP contribution in [0.2, 0.25) is 0 Å². The average Bonchev–Trinajstić information content (AvgIpc) is 2.46. The minimum atomic E-state index is 0.274. The van der Waals surface area contributed by atoms with Gasteiger partial charge in [0.05, 0.1) is 18.9 Å². The normalized spacial score (nSPS) is 21.1. The van der Waals surface area contributed by atoms with Crippen molar-refractivity contribution in [2.75, 3.05) is 20.3 Å². The Bertz CT molecular complexity index is 378. The first-order valence-corrected chi connectivity index (χ1v) is 7.20. The van der Waals surface area contributed by atoms with Gasteiger partial charge in [-0.1, -0.05) is 0 Å². The summed E-state index contributed by atoms with van der Waals surface area (Å²) in [4.78, 5) is 4.26. The molecule has 0 amide bonds. The van der Waals surface area contributed by atoms with E-state index in [1.54, 1.807) is 6.20 Å². The van der Waals surface area contributed by atoms with Gasteiger partial charge >= 0.3 is 0 Å². The van der Waals surface area contributed by atoms with E-state index in [4.69, 9.17) is 9.47 Å². The highest BCUT2D eigenvalue weighted by Crippen LogP contribution is 2.26. The van der Waals surface area contributed by atoms with Gasteiger partial charge in [0.2, 0.25) is 0 Å². The third-order valence-corrected chi connectivity index (χ3v) is 3.57. The quantitative estimate of drug-likeness (QED) is 0.858. The number of nitrogens with one attached hydrogen (secondary N) is 1. The zero-order valence-electron chi connectivity index (χ0n) is 11.9. The maximum absolute atomic E-state index is 5.82. The Morgan fingerprint density at radius 2 is 2.37 bits per heavy atom. The van der Waals surface area contributed by atoms with Gasteiger partial charge in [-0.15, -0.1) is 0 Å². The second-order valence-electron chi connectivity index (χ2n) is 4.95. The standard InChI is InChI=1S/C15H24N2O2/c1-3-18-14-8-12(10-17-11-14)15(16-2)9-13-6-4-5-7-19-13/h8,10-11,13,15-16H,3-7,9H2,1-2H3. The number of pyridine rings is 1. The van der Waals surface area contributed by atoms with Crippen LogP contribution in [-0.2, 0) is 4.74 Å². The molecule has 19 heavy (non-hydrogen) atoms. The molecule has 2 heterocycles. The summed E-state index contributed by atoms with van der Waals surface area (Å²) in [5.74, 6) is 0.838. The van der Waals surface area contributed by atoms with Gasteiger partial charge in [-0.05, 0) is 51.3 Å². The summed E-state index contributed by atoms with van der Waals surface area (Å²) in [5, 5.41) is 3.36. The molecule has 1 aromatic rings. The van der Waals surface area contributed by atoms with Crippen molar-refractivity contribution in [3.05, 3.63) is 24.0 Å². The van der Waals surface area contributed by atoms with Crippen molar-refractivity contribution in [1.29, 1.82) is 0 Å². The number of hydrogen-bond donors (Lipinski definition) is 1. The fraction of sp³-hybridized carbons (Fsp3) is 0.667. The summed E-state index contributed by atoms with van der Waals surface area (Å²) in [6, 6.07) is 2.34. The molecular formula is C15H24N2O2. The van der Waals surface area contributed by atoms with E-state index in [-0.39, 0.29) is 6.04 Å². The molecule has 0 bridgehead atoms. The summed E-state index contributed by atoms with van der Waals surface area (Å²) in [7, 11) is 1.99. The zero-order chi connectivity index (χ0) is 13.5. The van der Waals surface area contributed by atoms with E-state index in [9.17, 15) is 0 Å². The summed E-state index contributed by atoms with van der Waals surface area (Å²) in [5.41, 5.74) is 1.17. The second kappa shape index (κ2) is 7.46. The molecule has 0 saturated carbocycles. The van der Waals surface area contributed by atoms with Crippen LogP contribution >= 0.6 is 0 Å². The Balaban J connectivity index is 2.01. The van der Waals surface area contributed by atoms with Crippen molar-refractivity contribution in [2.45, 2.75) is 44.8 Å². The number of nitrogens with zero attached hydrogens (tertiary/aromatic N) is 1. The van der Waals surface area contributed by atoms with Crippen molar-refractivity contribution < 1.29 is 9.47 Å². The first-order chi connectivity index (χ1) is 9.33. The molecule has 4 heteroatoms. The summed E-state index contributed by atoms with van der Waals surface area (Å²) in [6.07, 6.45) is 8.66. The molecule has 1 aliphatic heterocycles. The number of hydrogen-bond acceptors (Lipinski definition) is 4. The summed E-state index contributed by atoms with van der Waals surface area (Å²) < 4.78 is 11.3. The molecule has 0 aliphatic carbocycles. The van der Waals surface area contributed by atoms with Gasteiger partial charge in [-0.25, -0.2) is 0 Å². The van der Waals surface area contributed by atoms with E-state index in [1.807, 2.05) is 20.2 Å². The van der Waals surface area contributed by atoms with Crippen LogP contribution in [-0.4, -0.2) is 31.3 Å². The predicted octanol–water partition coefficient (Wildman–Crippen LogP) is 2.70. The molecule has 2 rings (SSSR count). The third kappa shape index (κ3) is 4.18. The largest absolute Gasteiger partial charge is 0.492 e. The molecule has 1 N–H and O–H groups in total. The van der Waals surface area contributed by atoms with Crippen LogP contribution in [0.1, 0.15) is 44.2 Å². The maximum atomic E-state index is 5.82. The molecule has 1 aromatic heterocycles. The Labute approximate surface area is 115 Å². The van der Waals surface area contributed by atoms with E-state index in [0.717, 1.165) is 25.2 Å². The van der Waals surface area contributed by atoms with E-state index >= 15 is 0 Å². The Morgan fingerprint density at radius 3 is 3.05 bits per heavy atom. The molecule has 0 radical (unpaired) electrons. The SMILES string of the molecule is CCOc1cncc(C(CC2CCCCO2)NC)c1. The monoisotopic (exact) mass is 264 g/mol.